The first-order chi connectivity index (χ1) is 6.33. The minimum Gasteiger partial charge on any atom is -0.393 e. The van der Waals surface area contributed by atoms with Crippen molar-refractivity contribution in [1.29, 1.82) is 0 Å². The Bertz CT molecular complexity index is 116. The van der Waals surface area contributed by atoms with Crippen molar-refractivity contribution in [2.45, 2.75) is 70.8 Å². The monoisotopic (exact) mass is 184 g/mol. The van der Waals surface area contributed by atoms with Crippen molar-refractivity contribution in [2.75, 3.05) is 0 Å². The Labute approximate surface area is 82.5 Å². The fourth-order valence-corrected chi connectivity index (χ4v) is 2.38. The molecule has 0 aliphatic heterocycles. The number of hydrogen-bond acceptors (Lipinski definition) is 1. The van der Waals surface area contributed by atoms with Crippen molar-refractivity contribution in [1.82, 2.24) is 0 Å². The number of rotatable bonds is 6. The first-order valence-electron chi connectivity index (χ1n) is 6.01. The van der Waals surface area contributed by atoms with E-state index in [1.54, 1.807) is 0 Å². The highest BCUT2D eigenvalue weighted by molar-refractivity contribution is 4.70. The molecule has 0 amide bonds. The van der Waals surface area contributed by atoms with Crippen LogP contribution in [0, 0.1) is 5.92 Å². The smallest absolute Gasteiger partial charge is 0.0542 e. The van der Waals surface area contributed by atoms with E-state index in [1.165, 1.54) is 44.9 Å². The van der Waals surface area contributed by atoms with Gasteiger partial charge < -0.3 is 5.11 Å². The SMILES string of the molecule is CCCCCC(O)CC1CCCC1. The maximum atomic E-state index is 9.74. The zero-order valence-electron chi connectivity index (χ0n) is 8.97. The molecule has 1 atom stereocenters. The van der Waals surface area contributed by atoms with Gasteiger partial charge in [0.25, 0.3) is 0 Å². The Balaban J connectivity index is 1.99. The summed E-state index contributed by atoms with van der Waals surface area (Å²) < 4.78 is 0. The van der Waals surface area contributed by atoms with Crippen LogP contribution in [0.4, 0.5) is 0 Å². The van der Waals surface area contributed by atoms with Gasteiger partial charge >= 0.3 is 0 Å². The topological polar surface area (TPSA) is 20.2 Å². The van der Waals surface area contributed by atoms with Crippen molar-refractivity contribution >= 4 is 0 Å². The molecule has 0 heterocycles. The molecule has 1 aliphatic rings. The van der Waals surface area contributed by atoms with Crippen LogP contribution in [-0.2, 0) is 0 Å². The van der Waals surface area contributed by atoms with E-state index in [2.05, 4.69) is 6.92 Å². The predicted molar refractivity (Wildman–Crippen MR) is 56.7 cm³/mol. The van der Waals surface area contributed by atoms with E-state index < -0.39 is 0 Å². The van der Waals surface area contributed by atoms with E-state index in [-0.39, 0.29) is 6.10 Å². The lowest BCUT2D eigenvalue weighted by atomic mass is 9.97. The van der Waals surface area contributed by atoms with Crippen molar-refractivity contribution in [3.05, 3.63) is 0 Å². The molecule has 0 radical (unpaired) electrons. The van der Waals surface area contributed by atoms with E-state index in [4.69, 9.17) is 0 Å². The van der Waals surface area contributed by atoms with Crippen LogP contribution in [-0.4, -0.2) is 11.2 Å². The Morgan fingerprint density at radius 3 is 2.54 bits per heavy atom. The van der Waals surface area contributed by atoms with Gasteiger partial charge in [-0.05, 0) is 18.8 Å². The van der Waals surface area contributed by atoms with E-state index in [0.717, 1.165) is 18.8 Å². The van der Waals surface area contributed by atoms with Gasteiger partial charge in [0, 0.05) is 0 Å². The molecule has 1 rings (SSSR count). The number of aliphatic hydroxyl groups is 1. The van der Waals surface area contributed by atoms with Crippen LogP contribution in [0.2, 0.25) is 0 Å². The summed E-state index contributed by atoms with van der Waals surface area (Å²) in [6.45, 7) is 2.21. The molecule has 1 heteroatoms. The first-order valence-corrected chi connectivity index (χ1v) is 6.01. The molecule has 1 N–H and O–H groups in total. The Morgan fingerprint density at radius 2 is 1.92 bits per heavy atom. The van der Waals surface area contributed by atoms with Crippen LogP contribution in [0.3, 0.4) is 0 Å². The third-order valence-electron chi connectivity index (χ3n) is 3.22. The lowest BCUT2D eigenvalue weighted by Crippen LogP contribution is -2.11. The maximum Gasteiger partial charge on any atom is 0.0542 e. The van der Waals surface area contributed by atoms with Crippen LogP contribution in [0.15, 0.2) is 0 Å². The van der Waals surface area contributed by atoms with Crippen LogP contribution in [0.1, 0.15) is 64.7 Å². The Morgan fingerprint density at radius 1 is 1.23 bits per heavy atom. The van der Waals surface area contributed by atoms with E-state index in [0.29, 0.717) is 0 Å². The summed E-state index contributed by atoms with van der Waals surface area (Å²) in [5.74, 6) is 0.844. The fraction of sp³-hybridized carbons (Fsp3) is 1.00. The third kappa shape index (κ3) is 4.66. The quantitative estimate of drug-likeness (QED) is 0.626. The largest absolute Gasteiger partial charge is 0.393 e. The second-order valence-electron chi connectivity index (χ2n) is 4.54. The first kappa shape index (κ1) is 11.0. The molecule has 1 unspecified atom stereocenters. The lowest BCUT2D eigenvalue weighted by molar-refractivity contribution is 0.130. The summed E-state index contributed by atoms with van der Waals surface area (Å²) in [5, 5.41) is 9.74. The molecule has 0 aromatic rings. The third-order valence-corrected chi connectivity index (χ3v) is 3.22. The molecule has 78 valence electrons. The van der Waals surface area contributed by atoms with Gasteiger partial charge in [-0.2, -0.15) is 0 Å². The molecule has 0 aromatic carbocycles. The highest BCUT2D eigenvalue weighted by Gasteiger charge is 2.18. The van der Waals surface area contributed by atoms with Crippen LogP contribution < -0.4 is 0 Å². The van der Waals surface area contributed by atoms with Crippen LogP contribution in [0.5, 0.6) is 0 Å². The van der Waals surface area contributed by atoms with Gasteiger partial charge in [0.1, 0.15) is 0 Å². The van der Waals surface area contributed by atoms with E-state index in [9.17, 15) is 5.11 Å². The van der Waals surface area contributed by atoms with E-state index >= 15 is 0 Å². The van der Waals surface area contributed by atoms with E-state index in [1.807, 2.05) is 0 Å². The second-order valence-corrected chi connectivity index (χ2v) is 4.54. The van der Waals surface area contributed by atoms with Crippen molar-refractivity contribution in [3.8, 4) is 0 Å². The van der Waals surface area contributed by atoms with Crippen molar-refractivity contribution < 1.29 is 5.11 Å². The Kier molecular flexibility index (Phi) is 5.45. The van der Waals surface area contributed by atoms with Gasteiger partial charge in [-0.15, -0.1) is 0 Å². The summed E-state index contributed by atoms with van der Waals surface area (Å²) in [6.07, 6.45) is 11.4. The molecule has 0 aromatic heterocycles. The summed E-state index contributed by atoms with van der Waals surface area (Å²) in [6, 6.07) is 0. The number of unbranched alkanes of at least 4 members (excludes halogenated alkanes) is 2. The fourth-order valence-electron chi connectivity index (χ4n) is 2.38. The van der Waals surface area contributed by atoms with Crippen LogP contribution in [0.25, 0.3) is 0 Å². The molecule has 1 aliphatic carbocycles. The molecule has 13 heavy (non-hydrogen) atoms. The van der Waals surface area contributed by atoms with Crippen LogP contribution >= 0.6 is 0 Å². The minimum atomic E-state index is -0.00495. The maximum absolute atomic E-state index is 9.74. The van der Waals surface area contributed by atoms with Gasteiger partial charge in [-0.1, -0.05) is 51.9 Å². The minimum absolute atomic E-state index is 0.00495. The average molecular weight is 184 g/mol. The summed E-state index contributed by atoms with van der Waals surface area (Å²) in [7, 11) is 0. The predicted octanol–water partition coefficient (Wildman–Crippen LogP) is 3.51. The molecule has 1 fully saturated rings. The van der Waals surface area contributed by atoms with Crippen molar-refractivity contribution in [3.63, 3.8) is 0 Å². The number of hydrogen-bond donors (Lipinski definition) is 1. The average Bonchev–Trinajstić information content (AvgIpc) is 2.57. The molecular formula is C12H24O. The summed E-state index contributed by atoms with van der Waals surface area (Å²) in [4.78, 5) is 0. The molecular weight excluding hydrogens is 160 g/mol. The van der Waals surface area contributed by atoms with Gasteiger partial charge in [0.05, 0.1) is 6.10 Å². The zero-order chi connectivity index (χ0) is 9.52. The standard InChI is InChI=1S/C12H24O/c1-2-3-4-9-12(13)10-11-7-5-6-8-11/h11-13H,2-10H2,1H3. The summed E-state index contributed by atoms with van der Waals surface area (Å²) >= 11 is 0. The van der Waals surface area contributed by atoms with Gasteiger partial charge in [0.2, 0.25) is 0 Å². The molecule has 0 saturated heterocycles. The van der Waals surface area contributed by atoms with Crippen molar-refractivity contribution in [2.24, 2.45) is 5.92 Å². The van der Waals surface area contributed by atoms with Gasteiger partial charge in [-0.3, -0.25) is 0 Å². The van der Waals surface area contributed by atoms with Gasteiger partial charge in [0.15, 0.2) is 0 Å². The highest BCUT2D eigenvalue weighted by Crippen LogP contribution is 2.29. The molecule has 1 saturated carbocycles. The highest BCUT2D eigenvalue weighted by atomic mass is 16.3. The van der Waals surface area contributed by atoms with Gasteiger partial charge in [-0.25, -0.2) is 0 Å². The lowest BCUT2D eigenvalue weighted by Gasteiger charge is -2.14. The Hall–Kier alpha value is -0.0400. The number of aliphatic hydroxyl groups excluding tert-OH is 1. The zero-order valence-corrected chi connectivity index (χ0v) is 8.97. The summed E-state index contributed by atoms with van der Waals surface area (Å²) in [5.41, 5.74) is 0. The second kappa shape index (κ2) is 6.42. The normalized spacial score (nSPS) is 20.8. The molecule has 0 bridgehead atoms. The molecule has 1 nitrogen and oxygen atoms in total. The molecule has 0 spiro atoms.